The van der Waals surface area contributed by atoms with Crippen molar-refractivity contribution in [2.24, 2.45) is 11.8 Å². The van der Waals surface area contributed by atoms with Gasteiger partial charge in [0, 0.05) is 0 Å². The highest BCUT2D eigenvalue weighted by atomic mass is 16.3. The average molecular weight is 208 g/mol. The van der Waals surface area contributed by atoms with Gasteiger partial charge in [-0.2, -0.15) is 0 Å². The molecule has 0 saturated carbocycles. The predicted octanol–water partition coefficient (Wildman–Crippen LogP) is 4.46. The van der Waals surface area contributed by atoms with Gasteiger partial charge in [-0.15, -0.1) is 0 Å². The first-order chi connectivity index (χ1) is 7.09. The second-order valence-corrected chi connectivity index (χ2v) is 5.29. The molecule has 0 saturated heterocycles. The Labute approximate surface area is 93.9 Å². The van der Waals surface area contributed by atoms with Gasteiger partial charge in [-0.3, -0.25) is 0 Å². The lowest BCUT2D eigenvalue weighted by Crippen LogP contribution is -1.97. The van der Waals surface area contributed by atoms with E-state index in [4.69, 9.17) is 4.42 Å². The number of rotatable bonds is 6. The summed E-state index contributed by atoms with van der Waals surface area (Å²) in [6.07, 6.45) is 8.71. The minimum absolute atomic E-state index is 0.776. The summed E-state index contributed by atoms with van der Waals surface area (Å²) >= 11 is 0. The van der Waals surface area contributed by atoms with Crippen LogP contribution in [0.3, 0.4) is 0 Å². The molecule has 1 rings (SSSR count). The van der Waals surface area contributed by atoms with Crippen LogP contribution in [0.2, 0.25) is 0 Å². The summed E-state index contributed by atoms with van der Waals surface area (Å²) < 4.78 is 5.31. The van der Waals surface area contributed by atoms with E-state index in [1.807, 2.05) is 12.5 Å². The Bertz CT molecular complexity index is 244. The molecule has 86 valence electrons. The molecule has 0 N–H and O–H groups in total. The summed E-state index contributed by atoms with van der Waals surface area (Å²) in [4.78, 5) is 0. The molecule has 0 bridgehead atoms. The number of hydrogen-bond acceptors (Lipinski definition) is 1. The van der Waals surface area contributed by atoms with Gasteiger partial charge >= 0.3 is 0 Å². The second-order valence-electron chi connectivity index (χ2n) is 5.29. The topological polar surface area (TPSA) is 13.1 Å². The van der Waals surface area contributed by atoms with Crippen LogP contribution in [-0.4, -0.2) is 0 Å². The van der Waals surface area contributed by atoms with Gasteiger partial charge in [0.2, 0.25) is 0 Å². The lowest BCUT2D eigenvalue weighted by Gasteiger charge is -2.06. The minimum Gasteiger partial charge on any atom is -0.472 e. The van der Waals surface area contributed by atoms with E-state index in [0.717, 1.165) is 11.8 Å². The third kappa shape index (κ3) is 4.55. The largest absolute Gasteiger partial charge is 0.472 e. The van der Waals surface area contributed by atoms with Crippen molar-refractivity contribution in [2.75, 3.05) is 0 Å². The van der Waals surface area contributed by atoms with E-state index in [-0.39, 0.29) is 0 Å². The number of hydrogen-bond donors (Lipinski definition) is 0. The van der Waals surface area contributed by atoms with Gasteiger partial charge < -0.3 is 4.42 Å². The molecule has 0 aliphatic heterocycles. The van der Waals surface area contributed by atoms with Crippen LogP contribution in [0.15, 0.2) is 16.9 Å². The molecule has 1 aromatic rings. The van der Waals surface area contributed by atoms with Crippen molar-refractivity contribution in [3.63, 3.8) is 0 Å². The first-order valence-corrected chi connectivity index (χ1v) is 6.13. The Morgan fingerprint density at radius 2 is 1.27 bits per heavy atom. The van der Waals surface area contributed by atoms with Crippen LogP contribution in [0.25, 0.3) is 0 Å². The van der Waals surface area contributed by atoms with E-state index in [1.54, 1.807) is 0 Å². The van der Waals surface area contributed by atoms with Gasteiger partial charge in [-0.1, -0.05) is 27.7 Å². The van der Waals surface area contributed by atoms with Crippen LogP contribution in [-0.2, 0) is 12.8 Å². The normalized spacial score (nSPS) is 11.6. The van der Waals surface area contributed by atoms with Crippen molar-refractivity contribution in [2.45, 2.75) is 53.4 Å². The molecule has 0 unspecified atom stereocenters. The molecule has 1 nitrogen and oxygen atoms in total. The summed E-state index contributed by atoms with van der Waals surface area (Å²) in [6, 6.07) is 0. The second kappa shape index (κ2) is 5.99. The van der Waals surface area contributed by atoms with E-state index in [2.05, 4.69) is 27.7 Å². The quantitative estimate of drug-likeness (QED) is 0.673. The summed E-state index contributed by atoms with van der Waals surface area (Å²) in [6.45, 7) is 9.09. The van der Waals surface area contributed by atoms with Gasteiger partial charge in [0.25, 0.3) is 0 Å². The van der Waals surface area contributed by atoms with Crippen molar-refractivity contribution in [1.29, 1.82) is 0 Å². The molecular weight excluding hydrogens is 184 g/mol. The van der Waals surface area contributed by atoms with Crippen LogP contribution in [0.4, 0.5) is 0 Å². The molecule has 1 heterocycles. The van der Waals surface area contributed by atoms with Crippen molar-refractivity contribution in [1.82, 2.24) is 0 Å². The Kier molecular flexibility index (Phi) is 4.93. The smallest absolute Gasteiger partial charge is 0.0937 e. The van der Waals surface area contributed by atoms with Gasteiger partial charge in [-0.05, 0) is 48.6 Å². The van der Waals surface area contributed by atoms with Crippen LogP contribution < -0.4 is 0 Å². The van der Waals surface area contributed by atoms with Crippen molar-refractivity contribution >= 4 is 0 Å². The SMILES string of the molecule is CC(C)CCc1cocc1CCC(C)C. The molecule has 0 fully saturated rings. The molecule has 0 atom stereocenters. The maximum atomic E-state index is 5.31. The van der Waals surface area contributed by atoms with E-state index in [9.17, 15) is 0 Å². The molecule has 0 spiro atoms. The predicted molar refractivity (Wildman–Crippen MR) is 65.0 cm³/mol. The zero-order valence-corrected chi connectivity index (χ0v) is 10.5. The maximum Gasteiger partial charge on any atom is 0.0937 e. The monoisotopic (exact) mass is 208 g/mol. The highest BCUT2D eigenvalue weighted by molar-refractivity contribution is 5.21. The summed E-state index contributed by atoms with van der Waals surface area (Å²) in [5, 5.41) is 0. The first kappa shape index (κ1) is 12.4. The zero-order chi connectivity index (χ0) is 11.3. The number of furan rings is 1. The van der Waals surface area contributed by atoms with Crippen molar-refractivity contribution in [3.8, 4) is 0 Å². The van der Waals surface area contributed by atoms with Gasteiger partial charge in [0.1, 0.15) is 0 Å². The van der Waals surface area contributed by atoms with Crippen LogP contribution >= 0.6 is 0 Å². The molecule has 1 aromatic heterocycles. The molecule has 15 heavy (non-hydrogen) atoms. The van der Waals surface area contributed by atoms with Crippen molar-refractivity contribution < 1.29 is 4.42 Å². The van der Waals surface area contributed by atoms with E-state index in [0.29, 0.717) is 0 Å². The summed E-state index contributed by atoms with van der Waals surface area (Å²) in [5.74, 6) is 1.55. The molecule has 0 aliphatic carbocycles. The van der Waals surface area contributed by atoms with Crippen molar-refractivity contribution in [3.05, 3.63) is 23.7 Å². The van der Waals surface area contributed by atoms with E-state index < -0.39 is 0 Å². The highest BCUT2D eigenvalue weighted by Gasteiger charge is 2.07. The standard InChI is InChI=1S/C14H24O/c1-11(2)5-7-13-9-15-10-14(13)8-6-12(3)4/h9-12H,5-8H2,1-4H3. The Morgan fingerprint density at radius 3 is 1.60 bits per heavy atom. The lowest BCUT2D eigenvalue weighted by atomic mass is 9.98. The molecular formula is C14H24O. The first-order valence-electron chi connectivity index (χ1n) is 6.13. The molecule has 0 amide bonds. The van der Waals surface area contributed by atoms with Gasteiger partial charge in [0.05, 0.1) is 12.5 Å². The fourth-order valence-corrected chi connectivity index (χ4v) is 1.68. The Balaban J connectivity index is 2.46. The Morgan fingerprint density at radius 1 is 0.867 bits per heavy atom. The third-order valence-electron chi connectivity index (χ3n) is 2.82. The molecule has 1 heteroatoms. The maximum absolute atomic E-state index is 5.31. The fraction of sp³-hybridized carbons (Fsp3) is 0.714. The highest BCUT2D eigenvalue weighted by Crippen LogP contribution is 2.18. The summed E-state index contributed by atoms with van der Waals surface area (Å²) in [5.41, 5.74) is 2.84. The minimum atomic E-state index is 0.776. The van der Waals surface area contributed by atoms with Gasteiger partial charge in [0.15, 0.2) is 0 Å². The van der Waals surface area contributed by atoms with Crippen LogP contribution in [0.5, 0.6) is 0 Å². The number of aryl methyl sites for hydroxylation is 2. The molecule has 0 aromatic carbocycles. The van der Waals surface area contributed by atoms with Gasteiger partial charge in [-0.25, -0.2) is 0 Å². The van der Waals surface area contributed by atoms with Crippen LogP contribution in [0.1, 0.15) is 51.7 Å². The molecule has 0 aliphatic rings. The molecule has 0 radical (unpaired) electrons. The fourth-order valence-electron chi connectivity index (χ4n) is 1.68. The lowest BCUT2D eigenvalue weighted by molar-refractivity contribution is 0.550. The van der Waals surface area contributed by atoms with Crippen LogP contribution in [0, 0.1) is 11.8 Å². The summed E-state index contributed by atoms with van der Waals surface area (Å²) in [7, 11) is 0. The average Bonchev–Trinajstić information content (AvgIpc) is 2.58. The Hall–Kier alpha value is -0.720. The van der Waals surface area contributed by atoms with E-state index in [1.165, 1.54) is 36.8 Å². The zero-order valence-electron chi connectivity index (χ0n) is 10.5. The van der Waals surface area contributed by atoms with E-state index >= 15 is 0 Å². The third-order valence-corrected chi connectivity index (χ3v) is 2.82.